The first-order chi connectivity index (χ1) is 6.25. The largest absolute Gasteiger partial charge is 0.508 e. The van der Waals surface area contributed by atoms with Crippen LogP contribution >= 0.6 is 0 Å². The molecule has 0 heterocycles. The summed E-state index contributed by atoms with van der Waals surface area (Å²) in [5, 5.41) is 8.58. The zero-order valence-electron chi connectivity index (χ0n) is 8.44. The number of carboxylic acid groups (broad SMARTS) is 1. The van der Waals surface area contributed by atoms with Gasteiger partial charge in [0, 0.05) is 0 Å². The van der Waals surface area contributed by atoms with Crippen LogP contribution in [0, 0.1) is 0 Å². The van der Waals surface area contributed by atoms with E-state index in [1.807, 2.05) is 0 Å². The molecule has 14 heavy (non-hydrogen) atoms. The summed E-state index contributed by atoms with van der Waals surface area (Å²) in [6.45, 7) is 4.13. The van der Waals surface area contributed by atoms with Crippen molar-refractivity contribution < 1.29 is 24.2 Å². The van der Waals surface area contributed by atoms with Crippen molar-refractivity contribution in [1.29, 1.82) is 0 Å². The lowest BCUT2D eigenvalue weighted by Crippen LogP contribution is -2.49. The highest BCUT2D eigenvalue weighted by Gasteiger charge is 2.30. The van der Waals surface area contributed by atoms with Gasteiger partial charge in [0.05, 0.1) is 6.10 Å². The number of aliphatic carboxylic acids is 1. The second kappa shape index (κ2) is 4.80. The molecule has 0 aliphatic heterocycles. The first-order valence-corrected chi connectivity index (χ1v) is 4.11. The molecule has 0 aromatic rings. The van der Waals surface area contributed by atoms with Crippen LogP contribution in [0.15, 0.2) is 0 Å². The van der Waals surface area contributed by atoms with Gasteiger partial charge in [0.2, 0.25) is 0 Å². The van der Waals surface area contributed by atoms with Gasteiger partial charge in [0.1, 0.15) is 12.1 Å². The average Bonchev–Trinajstić information content (AvgIpc) is 1.99. The summed E-state index contributed by atoms with van der Waals surface area (Å²) in [7, 11) is 0. The molecule has 0 rings (SSSR count). The van der Waals surface area contributed by atoms with Crippen LogP contribution in [0.4, 0.5) is 4.79 Å². The summed E-state index contributed by atoms with van der Waals surface area (Å²) in [6.07, 6.45) is -1.23. The molecule has 0 radical (unpaired) electrons. The van der Waals surface area contributed by atoms with Crippen LogP contribution in [0.1, 0.15) is 20.8 Å². The van der Waals surface area contributed by atoms with E-state index in [9.17, 15) is 9.59 Å². The standard InChI is InChI=1S/C8H15NO5/c1-5(2)14-7(12)13-4-8(3,9)6(10)11/h5H,4,9H2,1-3H3,(H,10,11)/t8-/m1/s1. The molecule has 0 fully saturated rings. The summed E-state index contributed by atoms with van der Waals surface area (Å²) >= 11 is 0. The van der Waals surface area contributed by atoms with Gasteiger partial charge in [-0.05, 0) is 20.8 Å². The molecule has 0 saturated heterocycles. The molecule has 6 heteroatoms. The summed E-state index contributed by atoms with van der Waals surface area (Å²) in [6, 6.07) is 0. The lowest BCUT2D eigenvalue weighted by atomic mass is 10.1. The lowest BCUT2D eigenvalue weighted by molar-refractivity contribution is -0.144. The minimum absolute atomic E-state index is 0.309. The van der Waals surface area contributed by atoms with Gasteiger partial charge in [-0.2, -0.15) is 0 Å². The Morgan fingerprint density at radius 2 is 2.00 bits per heavy atom. The van der Waals surface area contributed by atoms with Crippen molar-refractivity contribution in [3.63, 3.8) is 0 Å². The van der Waals surface area contributed by atoms with Gasteiger partial charge in [-0.3, -0.25) is 4.79 Å². The van der Waals surface area contributed by atoms with Gasteiger partial charge >= 0.3 is 12.1 Å². The summed E-state index contributed by atoms with van der Waals surface area (Å²) in [5.74, 6) is -1.24. The second-order valence-corrected chi connectivity index (χ2v) is 3.43. The normalized spacial score (nSPS) is 14.6. The zero-order valence-corrected chi connectivity index (χ0v) is 8.44. The Hall–Kier alpha value is -1.30. The molecule has 82 valence electrons. The van der Waals surface area contributed by atoms with Crippen molar-refractivity contribution in [1.82, 2.24) is 0 Å². The Kier molecular flexibility index (Phi) is 4.36. The number of rotatable bonds is 4. The van der Waals surface area contributed by atoms with Gasteiger partial charge < -0.3 is 20.3 Å². The van der Waals surface area contributed by atoms with Crippen LogP contribution in [-0.2, 0) is 14.3 Å². The van der Waals surface area contributed by atoms with Crippen molar-refractivity contribution in [2.45, 2.75) is 32.4 Å². The molecule has 6 nitrogen and oxygen atoms in total. The molecular weight excluding hydrogens is 190 g/mol. The minimum Gasteiger partial charge on any atom is -0.480 e. The molecule has 0 saturated carbocycles. The monoisotopic (exact) mass is 205 g/mol. The van der Waals surface area contributed by atoms with E-state index in [4.69, 9.17) is 10.8 Å². The number of hydrogen-bond donors (Lipinski definition) is 2. The summed E-state index contributed by atoms with van der Waals surface area (Å²) in [5.41, 5.74) is 3.72. The van der Waals surface area contributed by atoms with Crippen molar-refractivity contribution in [3.8, 4) is 0 Å². The second-order valence-electron chi connectivity index (χ2n) is 3.43. The molecule has 1 atom stereocenters. The van der Waals surface area contributed by atoms with Gasteiger partial charge in [-0.1, -0.05) is 0 Å². The predicted octanol–water partition coefficient (Wildman–Crippen LogP) is 0.350. The van der Waals surface area contributed by atoms with Crippen molar-refractivity contribution >= 4 is 12.1 Å². The number of carbonyl (C=O) groups is 2. The van der Waals surface area contributed by atoms with Crippen molar-refractivity contribution in [3.05, 3.63) is 0 Å². The van der Waals surface area contributed by atoms with E-state index < -0.39 is 24.3 Å². The topological polar surface area (TPSA) is 98.9 Å². The number of ether oxygens (including phenoxy) is 2. The Morgan fingerprint density at radius 3 is 2.36 bits per heavy atom. The Morgan fingerprint density at radius 1 is 1.50 bits per heavy atom. The van der Waals surface area contributed by atoms with Crippen LogP contribution in [0.3, 0.4) is 0 Å². The Bertz CT molecular complexity index is 224. The summed E-state index contributed by atoms with van der Waals surface area (Å²) < 4.78 is 9.13. The van der Waals surface area contributed by atoms with E-state index in [-0.39, 0.29) is 6.10 Å². The third kappa shape index (κ3) is 4.66. The van der Waals surface area contributed by atoms with E-state index in [1.165, 1.54) is 6.92 Å². The number of nitrogens with two attached hydrogens (primary N) is 1. The van der Waals surface area contributed by atoms with Crippen LogP contribution in [0.25, 0.3) is 0 Å². The maximum atomic E-state index is 10.8. The number of carbonyl (C=O) groups excluding carboxylic acids is 1. The smallest absolute Gasteiger partial charge is 0.480 e. The molecule has 0 aliphatic rings. The highest BCUT2D eigenvalue weighted by molar-refractivity contribution is 5.78. The fourth-order valence-electron chi connectivity index (χ4n) is 0.497. The van der Waals surface area contributed by atoms with Gasteiger partial charge in [-0.25, -0.2) is 4.79 Å². The lowest BCUT2D eigenvalue weighted by Gasteiger charge is -2.18. The molecule has 0 aliphatic carbocycles. The quantitative estimate of drug-likeness (QED) is 0.642. The molecule has 0 unspecified atom stereocenters. The fraction of sp³-hybridized carbons (Fsp3) is 0.750. The Labute approximate surface area is 82.0 Å². The fourth-order valence-corrected chi connectivity index (χ4v) is 0.497. The molecular formula is C8H15NO5. The molecule has 3 N–H and O–H groups in total. The van der Waals surface area contributed by atoms with Crippen molar-refractivity contribution in [2.75, 3.05) is 6.61 Å². The molecule has 0 aromatic carbocycles. The van der Waals surface area contributed by atoms with E-state index in [0.29, 0.717) is 0 Å². The van der Waals surface area contributed by atoms with Crippen LogP contribution in [-0.4, -0.2) is 35.5 Å². The van der Waals surface area contributed by atoms with E-state index in [2.05, 4.69) is 9.47 Å². The highest BCUT2D eigenvalue weighted by atomic mass is 16.7. The summed E-state index contributed by atoms with van der Waals surface area (Å²) in [4.78, 5) is 21.3. The first kappa shape index (κ1) is 12.7. The predicted molar refractivity (Wildman–Crippen MR) is 47.8 cm³/mol. The van der Waals surface area contributed by atoms with Gasteiger partial charge in [-0.15, -0.1) is 0 Å². The SMILES string of the molecule is CC(C)OC(=O)OC[C@@](C)(N)C(=O)O. The van der Waals surface area contributed by atoms with Crippen molar-refractivity contribution in [2.24, 2.45) is 5.73 Å². The van der Waals surface area contributed by atoms with Crippen LogP contribution in [0.2, 0.25) is 0 Å². The molecule has 0 amide bonds. The highest BCUT2D eigenvalue weighted by Crippen LogP contribution is 2.02. The zero-order chi connectivity index (χ0) is 11.4. The maximum absolute atomic E-state index is 10.8. The number of hydrogen-bond acceptors (Lipinski definition) is 5. The molecule has 0 aromatic heterocycles. The van der Waals surface area contributed by atoms with Crippen LogP contribution in [0.5, 0.6) is 0 Å². The third-order valence-corrected chi connectivity index (χ3v) is 1.31. The molecule has 0 bridgehead atoms. The average molecular weight is 205 g/mol. The maximum Gasteiger partial charge on any atom is 0.508 e. The Balaban J connectivity index is 3.94. The van der Waals surface area contributed by atoms with Crippen LogP contribution < -0.4 is 5.73 Å². The third-order valence-electron chi connectivity index (χ3n) is 1.31. The van der Waals surface area contributed by atoms with E-state index in [1.54, 1.807) is 13.8 Å². The van der Waals surface area contributed by atoms with Gasteiger partial charge in [0.15, 0.2) is 0 Å². The van der Waals surface area contributed by atoms with Gasteiger partial charge in [0.25, 0.3) is 0 Å². The van der Waals surface area contributed by atoms with E-state index >= 15 is 0 Å². The number of carboxylic acids is 1. The van der Waals surface area contributed by atoms with E-state index in [0.717, 1.165) is 0 Å². The minimum atomic E-state index is -1.59. The first-order valence-electron chi connectivity index (χ1n) is 4.11. The molecule has 0 spiro atoms.